The van der Waals surface area contributed by atoms with Crippen molar-refractivity contribution in [3.63, 3.8) is 0 Å². The number of nitrogens with one attached hydrogen (secondary N) is 1. The zero-order chi connectivity index (χ0) is 18.7. The first kappa shape index (κ1) is 19.3. The molecule has 1 aromatic carbocycles. The second-order valence-corrected chi connectivity index (χ2v) is 9.72. The first-order valence-electron chi connectivity index (χ1n) is 9.52. The number of hydrogen-bond donors (Lipinski definition) is 1. The molecule has 2 saturated heterocycles. The number of rotatable bonds is 4. The zero-order valence-corrected chi connectivity index (χ0v) is 16.5. The van der Waals surface area contributed by atoms with E-state index in [1.54, 1.807) is 28.6 Å². The lowest BCUT2D eigenvalue weighted by atomic mass is 9.94. The van der Waals surface area contributed by atoms with Crippen molar-refractivity contribution >= 4 is 15.9 Å². The van der Waals surface area contributed by atoms with Crippen LogP contribution in [0, 0.1) is 11.8 Å². The molecular formula is C19H29N3O3S. The van der Waals surface area contributed by atoms with E-state index in [-0.39, 0.29) is 10.8 Å². The summed E-state index contributed by atoms with van der Waals surface area (Å²) in [5.41, 5.74) is 3.38. The Morgan fingerprint density at radius 3 is 2.15 bits per heavy atom. The molecule has 6 nitrogen and oxygen atoms in total. The van der Waals surface area contributed by atoms with Gasteiger partial charge in [-0.05, 0) is 55.4 Å². The van der Waals surface area contributed by atoms with Crippen LogP contribution in [0.3, 0.4) is 0 Å². The highest BCUT2D eigenvalue weighted by atomic mass is 32.2. The van der Waals surface area contributed by atoms with Crippen molar-refractivity contribution in [3.05, 3.63) is 29.8 Å². The first-order chi connectivity index (χ1) is 12.4. The minimum atomic E-state index is -3.51. The number of carbonyl (C=O) groups excluding carboxylic acids is 1. The van der Waals surface area contributed by atoms with E-state index in [2.05, 4.69) is 19.3 Å². The maximum atomic E-state index is 12.9. The first-order valence-corrected chi connectivity index (χ1v) is 11.0. The van der Waals surface area contributed by atoms with Gasteiger partial charge in [-0.2, -0.15) is 4.31 Å². The number of benzene rings is 1. The van der Waals surface area contributed by atoms with Crippen LogP contribution in [0.15, 0.2) is 29.2 Å². The van der Waals surface area contributed by atoms with Crippen LogP contribution < -0.4 is 5.43 Å². The molecule has 3 rings (SSSR count). The minimum Gasteiger partial charge on any atom is -0.285 e. The van der Waals surface area contributed by atoms with E-state index < -0.39 is 10.0 Å². The van der Waals surface area contributed by atoms with Crippen molar-refractivity contribution in [1.29, 1.82) is 0 Å². The molecule has 7 heteroatoms. The number of sulfonamides is 1. The normalized spacial score (nSPS) is 25.8. The molecule has 1 aromatic rings. The van der Waals surface area contributed by atoms with E-state index in [1.165, 1.54) is 6.42 Å². The number of hydrogen-bond acceptors (Lipinski definition) is 4. The van der Waals surface area contributed by atoms with Crippen molar-refractivity contribution in [1.82, 2.24) is 14.7 Å². The molecule has 0 unspecified atom stereocenters. The Labute approximate surface area is 156 Å². The highest BCUT2D eigenvalue weighted by Crippen LogP contribution is 2.26. The van der Waals surface area contributed by atoms with Gasteiger partial charge in [-0.15, -0.1) is 0 Å². The third kappa shape index (κ3) is 4.45. The summed E-state index contributed by atoms with van der Waals surface area (Å²) < 4.78 is 27.4. The molecule has 2 aliphatic rings. The van der Waals surface area contributed by atoms with E-state index in [0.717, 1.165) is 32.4 Å². The van der Waals surface area contributed by atoms with Gasteiger partial charge in [0.1, 0.15) is 0 Å². The summed E-state index contributed by atoms with van der Waals surface area (Å²) in [6.07, 6.45) is 4.43. The van der Waals surface area contributed by atoms with E-state index >= 15 is 0 Å². The van der Waals surface area contributed by atoms with Gasteiger partial charge in [-0.1, -0.05) is 20.3 Å². The van der Waals surface area contributed by atoms with Crippen molar-refractivity contribution in [2.75, 3.05) is 26.2 Å². The highest BCUT2D eigenvalue weighted by molar-refractivity contribution is 7.89. The molecule has 2 atom stereocenters. The van der Waals surface area contributed by atoms with Gasteiger partial charge >= 0.3 is 0 Å². The molecule has 144 valence electrons. The summed E-state index contributed by atoms with van der Waals surface area (Å²) in [6, 6.07) is 6.29. The van der Waals surface area contributed by atoms with Crippen LogP contribution in [-0.2, 0) is 10.0 Å². The maximum Gasteiger partial charge on any atom is 0.265 e. The summed E-state index contributed by atoms with van der Waals surface area (Å²) in [4.78, 5) is 12.6. The number of piperidine rings is 2. The fourth-order valence-corrected chi connectivity index (χ4v) is 5.62. The summed E-state index contributed by atoms with van der Waals surface area (Å²) in [5.74, 6) is 0.544. The Bertz CT molecular complexity index is 717. The minimum absolute atomic E-state index is 0.184. The van der Waals surface area contributed by atoms with E-state index in [0.29, 0.717) is 30.5 Å². The van der Waals surface area contributed by atoms with Gasteiger partial charge in [0, 0.05) is 31.7 Å². The van der Waals surface area contributed by atoms with Gasteiger partial charge in [-0.25, -0.2) is 13.4 Å². The smallest absolute Gasteiger partial charge is 0.265 e. The molecule has 26 heavy (non-hydrogen) atoms. The van der Waals surface area contributed by atoms with Crippen LogP contribution in [0.4, 0.5) is 0 Å². The zero-order valence-electron chi connectivity index (χ0n) is 15.6. The molecule has 1 N–H and O–H groups in total. The Morgan fingerprint density at radius 1 is 1.00 bits per heavy atom. The van der Waals surface area contributed by atoms with Gasteiger partial charge in [-0.3, -0.25) is 10.2 Å². The number of carbonyl (C=O) groups is 1. The van der Waals surface area contributed by atoms with E-state index in [4.69, 9.17) is 0 Å². The summed E-state index contributed by atoms with van der Waals surface area (Å²) in [6.45, 7) is 7.03. The van der Waals surface area contributed by atoms with Crippen LogP contribution in [0.25, 0.3) is 0 Å². The Hall–Kier alpha value is -1.44. The average Bonchev–Trinajstić information content (AvgIpc) is 2.62. The second-order valence-electron chi connectivity index (χ2n) is 7.78. The molecule has 1 amide bonds. The summed E-state index contributed by atoms with van der Waals surface area (Å²) in [5, 5.41) is 1.94. The lowest BCUT2D eigenvalue weighted by molar-refractivity contribution is 0.0750. The fourth-order valence-electron chi connectivity index (χ4n) is 3.94. The lowest BCUT2D eigenvalue weighted by Gasteiger charge is -2.34. The SMILES string of the molecule is C[C@@H]1C[C@@H](C)CN(S(=O)(=O)c2ccc(C(=O)NN3CCCCC3)cc2)C1. The van der Waals surface area contributed by atoms with Crippen molar-refractivity contribution in [3.8, 4) is 0 Å². The Morgan fingerprint density at radius 2 is 1.58 bits per heavy atom. The monoisotopic (exact) mass is 379 g/mol. The molecule has 0 aliphatic carbocycles. The lowest BCUT2D eigenvalue weighted by Crippen LogP contribution is -2.45. The van der Waals surface area contributed by atoms with Crippen LogP contribution in [0.5, 0.6) is 0 Å². The highest BCUT2D eigenvalue weighted by Gasteiger charge is 2.31. The van der Waals surface area contributed by atoms with Crippen molar-refractivity contribution < 1.29 is 13.2 Å². The largest absolute Gasteiger partial charge is 0.285 e. The molecule has 0 spiro atoms. The molecule has 2 aliphatic heterocycles. The summed E-state index contributed by atoms with van der Waals surface area (Å²) >= 11 is 0. The number of nitrogens with zero attached hydrogens (tertiary/aromatic N) is 2. The fraction of sp³-hybridized carbons (Fsp3) is 0.632. The molecule has 0 radical (unpaired) electrons. The Kier molecular flexibility index (Phi) is 5.99. The quantitative estimate of drug-likeness (QED) is 0.873. The van der Waals surface area contributed by atoms with Crippen molar-refractivity contribution in [2.45, 2.75) is 44.4 Å². The topological polar surface area (TPSA) is 69.7 Å². The third-order valence-corrected chi connectivity index (χ3v) is 7.05. The van der Waals surface area contributed by atoms with E-state index in [1.807, 2.05) is 5.01 Å². The molecule has 2 fully saturated rings. The predicted octanol–water partition coefficient (Wildman–Crippen LogP) is 2.48. The molecule has 0 bridgehead atoms. The molecule has 0 saturated carbocycles. The van der Waals surface area contributed by atoms with E-state index in [9.17, 15) is 13.2 Å². The van der Waals surface area contributed by atoms with Gasteiger partial charge in [0.25, 0.3) is 5.91 Å². The number of amides is 1. The standard InChI is InChI=1S/C19H29N3O3S/c1-15-12-16(2)14-22(13-15)26(24,25)18-8-6-17(7-9-18)19(23)20-21-10-4-3-5-11-21/h6-9,15-16H,3-5,10-14H2,1-2H3,(H,20,23)/t15-,16-/m1/s1. The van der Waals surface area contributed by atoms with Crippen molar-refractivity contribution in [2.24, 2.45) is 11.8 Å². The van der Waals surface area contributed by atoms with Gasteiger partial charge < -0.3 is 0 Å². The van der Waals surface area contributed by atoms with Crippen LogP contribution in [0.1, 0.15) is 49.9 Å². The molecular weight excluding hydrogens is 350 g/mol. The summed E-state index contributed by atoms with van der Waals surface area (Å²) in [7, 11) is -3.51. The Balaban J connectivity index is 1.69. The second kappa shape index (κ2) is 8.06. The van der Waals surface area contributed by atoms with Crippen LogP contribution in [-0.4, -0.2) is 49.8 Å². The predicted molar refractivity (Wildman–Crippen MR) is 101 cm³/mol. The van der Waals surface area contributed by atoms with Crippen LogP contribution >= 0.6 is 0 Å². The van der Waals surface area contributed by atoms with Gasteiger partial charge in [0.15, 0.2) is 0 Å². The van der Waals surface area contributed by atoms with Crippen LogP contribution in [0.2, 0.25) is 0 Å². The van der Waals surface area contributed by atoms with Gasteiger partial charge in [0.2, 0.25) is 10.0 Å². The van der Waals surface area contributed by atoms with Gasteiger partial charge in [0.05, 0.1) is 4.90 Å². The third-order valence-electron chi connectivity index (χ3n) is 5.21. The number of hydrazine groups is 1. The molecule has 2 heterocycles. The maximum absolute atomic E-state index is 12.9. The average molecular weight is 380 g/mol. The molecule has 0 aromatic heterocycles.